The summed E-state index contributed by atoms with van der Waals surface area (Å²) in [7, 11) is 1.57. The minimum Gasteiger partial charge on any atom is -0.497 e. The Kier molecular flexibility index (Phi) is 6.07. The van der Waals surface area contributed by atoms with Crippen LogP contribution in [0.2, 0.25) is 0 Å². The lowest BCUT2D eigenvalue weighted by Crippen LogP contribution is -2.26. The monoisotopic (exact) mass is 398 g/mol. The summed E-state index contributed by atoms with van der Waals surface area (Å²) in [4.78, 5) is 24.6. The lowest BCUT2D eigenvalue weighted by molar-refractivity contribution is -0.150. The van der Waals surface area contributed by atoms with Gasteiger partial charge in [0.2, 0.25) is 11.2 Å². The first-order chi connectivity index (χ1) is 13.9. The van der Waals surface area contributed by atoms with E-state index in [1.807, 2.05) is 0 Å². The maximum atomic E-state index is 12.9. The standard InChI is InChI=1S/C22H22O7/c1-5-26-22(24)14(3)27-17-10-11-18-19(12-17)28-13(2)21(20(18)23)29-16-8-6-15(25-4)7-9-16/h6-12,14H,5H2,1-4H3. The predicted octanol–water partition coefficient (Wildman–Crippen LogP) is 4.23. The molecule has 0 bridgehead atoms. The van der Waals surface area contributed by atoms with Gasteiger partial charge in [-0.05, 0) is 57.2 Å². The second-order valence-corrected chi connectivity index (χ2v) is 6.26. The van der Waals surface area contributed by atoms with Crippen molar-refractivity contribution in [2.45, 2.75) is 26.9 Å². The Morgan fingerprint density at radius 2 is 1.72 bits per heavy atom. The Balaban J connectivity index is 1.89. The number of rotatable bonds is 7. The van der Waals surface area contributed by atoms with Gasteiger partial charge in [-0.15, -0.1) is 0 Å². The molecular weight excluding hydrogens is 376 g/mol. The minimum absolute atomic E-state index is 0.108. The van der Waals surface area contributed by atoms with Gasteiger partial charge in [0.1, 0.15) is 28.6 Å². The molecule has 0 amide bonds. The number of hydrogen-bond donors (Lipinski definition) is 0. The van der Waals surface area contributed by atoms with Gasteiger partial charge in [-0.3, -0.25) is 4.79 Å². The van der Waals surface area contributed by atoms with Gasteiger partial charge in [-0.2, -0.15) is 0 Å². The molecule has 0 aliphatic rings. The van der Waals surface area contributed by atoms with Crippen molar-refractivity contribution < 1.29 is 28.2 Å². The third-order valence-corrected chi connectivity index (χ3v) is 4.20. The minimum atomic E-state index is -0.780. The number of ether oxygens (including phenoxy) is 4. The highest BCUT2D eigenvalue weighted by molar-refractivity contribution is 5.80. The Morgan fingerprint density at radius 3 is 2.38 bits per heavy atom. The zero-order chi connectivity index (χ0) is 21.0. The summed E-state index contributed by atoms with van der Waals surface area (Å²) in [6.07, 6.45) is -0.780. The molecule has 1 heterocycles. The number of carbonyl (C=O) groups excluding carboxylic acids is 1. The summed E-state index contributed by atoms with van der Waals surface area (Å²) in [5.41, 5.74) is 0.0349. The molecule has 2 aromatic carbocycles. The number of methoxy groups -OCH3 is 1. The fourth-order valence-electron chi connectivity index (χ4n) is 2.73. The first-order valence-electron chi connectivity index (χ1n) is 9.15. The second kappa shape index (κ2) is 8.68. The molecule has 1 aromatic heterocycles. The Hall–Kier alpha value is -3.48. The number of aryl methyl sites for hydroxylation is 1. The zero-order valence-electron chi connectivity index (χ0n) is 16.7. The SMILES string of the molecule is CCOC(=O)C(C)Oc1ccc2c(=O)c(Oc3ccc(OC)cc3)c(C)oc2c1. The highest BCUT2D eigenvalue weighted by atomic mass is 16.6. The first kappa shape index (κ1) is 20.3. The summed E-state index contributed by atoms with van der Waals surface area (Å²) in [6.45, 7) is 5.24. The van der Waals surface area contributed by atoms with Gasteiger partial charge < -0.3 is 23.4 Å². The van der Waals surface area contributed by atoms with Crippen molar-refractivity contribution >= 4 is 16.9 Å². The van der Waals surface area contributed by atoms with Crippen molar-refractivity contribution in [1.29, 1.82) is 0 Å². The Labute approximate surface area is 167 Å². The van der Waals surface area contributed by atoms with Crippen LogP contribution in [0.15, 0.2) is 51.7 Å². The topological polar surface area (TPSA) is 84.2 Å². The third kappa shape index (κ3) is 4.51. The van der Waals surface area contributed by atoms with E-state index < -0.39 is 12.1 Å². The molecule has 3 aromatic rings. The molecule has 0 spiro atoms. The van der Waals surface area contributed by atoms with Crippen LogP contribution in [0.1, 0.15) is 19.6 Å². The molecule has 152 valence electrons. The molecular formula is C22H22O7. The predicted molar refractivity (Wildman–Crippen MR) is 107 cm³/mol. The highest BCUT2D eigenvalue weighted by Gasteiger charge is 2.18. The van der Waals surface area contributed by atoms with Crippen molar-refractivity contribution in [3.8, 4) is 23.0 Å². The smallest absolute Gasteiger partial charge is 0.347 e. The molecule has 0 saturated carbocycles. The fourth-order valence-corrected chi connectivity index (χ4v) is 2.73. The van der Waals surface area contributed by atoms with Crippen molar-refractivity contribution in [2.24, 2.45) is 0 Å². The molecule has 0 N–H and O–H groups in total. The largest absolute Gasteiger partial charge is 0.497 e. The Bertz CT molecular complexity index is 1070. The summed E-state index contributed by atoms with van der Waals surface area (Å²) in [5.74, 6) is 1.54. The molecule has 7 nitrogen and oxygen atoms in total. The molecule has 29 heavy (non-hydrogen) atoms. The van der Waals surface area contributed by atoms with Crippen LogP contribution in [0, 0.1) is 6.92 Å². The van der Waals surface area contributed by atoms with Gasteiger partial charge in [0.15, 0.2) is 6.10 Å². The van der Waals surface area contributed by atoms with Crippen LogP contribution in [0.4, 0.5) is 0 Å². The number of carbonyl (C=O) groups is 1. The summed E-state index contributed by atoms with van der Waals surface area (Å²) < 4.78 is 27.1. The molecule has 7 heteroatoms. The number of esters is 1. The van der Waals surface area contributed by atoms with Crippen molar-refractivity contribution in [2.75, 3.05) is 13.7 Å². The van der Waals surface area contributed by atoms with E-state index >= 15 is 0 Å². The molecule has 0 aliphatic heterocycles. The van der Waals surface area contributed by atoms with Gasteiger partial charge in [0, 0.05) is 6.07 Å². The molecule has 1 atom stereocenters. The number of fused-ring (bicyclic) bond motifs is 1. The van der Waals surface area contributed by atoms with Crippen LogP contribution in [0.25, 0.3) is 11.0 Å². The van der Waals surface area contributed by atoms with Gasteiger partial charge >= 0.3 is 5.97 Å². The van der Waals surface area contributed by atoms with E-state index in [1.54, 1.807) is 70.3 Å². The van der Waals surface area contributed by atoms with Crippen molar-refractivity contribution in [3.05, 3.63) is 58.4 Å². The van der Waals surface area contributed by atoms with Crippen LogP contribution < -0.4 is 19.6 Å². The molecule has 1 unspecified atom stereocenters. The average molecular weight is 398 g/mol. The normalized spacial score (nSPS) is 11.7. The van der Waals surface area contributed by atoms with E-state index in [9.17, 15) is 9.59 Å². The van der Waals surface area contributed by atoms with E-state index in [4.69, 9.17) is 23.4 Å². The number of benzene rings is 2. The number of hydrogen-bond acceptors (Lipinski definition) is 7. The molecule has 3 rings (SSSR count). The summed E-state index contributed by atoms with van der Waals surface area (Å²) in [6, 6.07) is 11.6. The van der Waals surface area contributed by atoms with Crippen molar-refractivity contribution in [3.63, 3.8) is 0 Å². The quantitative estimate of drug-likeness (QED) is 0.551. The molecule has 0 aliphatic carbocycles. The van der Waals surface area contributed by atoms with Crippen LogP contribution >= 0.6 is 0 Å². The van der Waals surface area contributed by atoms with Gasteiger partial charge in [-0.1, -0.05) is 0 Å². The lowest BCUT2D eigenvalue weighted by atomic mass is 10.2. The van der Waals surface area contributed by atoms with Crippen LogP contribution in [-0.2, 0) is 9.53 Å². The lowest BCUT2D eigenvalue weighted by Gasteiger charge is -2.14. The summed E-state index contributed by atoms with van der Waals surface area (Å²) in [5, 5.41) is 0.343. The second-order valence-electron chi connectivity index (χ2n) is 6.26. The fraction of sp³-hybridized carbons (Fsp3) is 0.273. The molecule has 0 fully saturated rings. The van der Waals surface area contributed by atoms with E-state index in [0.29, 0.717) is 34.0 Å². The molecule has 0 saturated heterocycles. The van der Waals surface area contributed by atoms with E-state index in [2.05, 4.69) is 0 Å². The highest BCUT2D eigenvalue weighted by Crippen LogP contribution is 2.28. The van der Waals surface area contributed by atoms with E-state index in [-0.39, 0.29) is 17.8 Å². The van der Waals surface area contributed by atoms with Crippen molar-refractivity contribution in [1.82, 2.24) is 0 Å². The van der Waals surface area contributed by atoms with Gasteiger partial charge in [0.05, 0.1) is 19.1 Å². The zero-order valence-corrected chi connectivity index (χ0v) is 16.7. The maximum Gasteiger partial charge on any atom is 0.347 e. The van der Waals surface area contributed by atoms with Gasteiger partial charge in [0.25, 0.3) is 0 Å². The van der Waals surface area contributed by atoms with E-state index in [0.717, 1.165) is 0 Å². The van der Waals surface area contributed by atoms with Gasteiger partial charge in [-0.25, -0.2) is 4.79 Å². The van der Waals surface area contributed by atoms with Crippen LogP contribution in [-0.4, -0.2) is 25.8 Å². The van der Waals surface area contributed by atoms with Crippen LogP contribution in [0.3, 0.4) is 0 Å². The average Bonchev–Trinajstić information content (AvgIpc) is 2.71. The first-order valence-corrected chi connectivity index (χ1v) is 9.15. The van der Waals surface area contributed by atoms with E-state index in [1.165, 1.54) is 0 Å². The molecule has 0 radical (unpaired) electrons. The van der Waals surface area contributed by atoms with Crippen LogP contribution in [0.5, 0.6) is 23.0 Å². The Morgan fingerprint density at radius 1 is 1.07 bits per heavy atom. The third-order valence-electron chi connectivity index (χ3n) is 4.20. The summed E-state index contributed by atoms with van der Waals surface area (Å²) >= 11 is 0. The maximum absolute atomic E-state index is 12.9.